The maximum Gasteiger partial charge on any atom is 0.253 e. The summed E-state index contributed by atoms with van der Waals surface area (Å²) in [4.78, 5) is 14.5. The fourth-order valence-corrected chi connectivity index (χ4v) is 3.09. The Morgan fingerprint density at radius 1 is 1.50 bits per heavy atom. The number of hydrogen-bond donors (Lipinski definition) is 1. The van der Waals surface area contributed by atoms with Crippen molar-refractivity contribution in [3.05, 3.63) is 33.3 Å². The Bertz CT molecular complexity index is 562. The molecular formula is C14H15BrClN3O. The van der Waals surface area contributed by atoms with E-state index in [0.29, 0.717) is 27.9 Å². The van der Waals surface area contributed by atoms with E-state index in [2.05, 4.69) is 32.2 Å². The molecule has 106 valence electrons. The van der Waals surface area contributed by atoms with Gasteiger partial charge < -0.3 is 10.2 Å². The van der Waals surface area contributed by atoms with Crippen LogP contribution in [0.4, 0.5) is 0 Å². The first kappa shape index (κ1) is 15.3. The van der Waals surface area contributed by atoms with Crippen molar-refractivity contribution in [2.45, 2.75) is 18.4 Å². The minimum absolute atomic E-state index is 0.250. The summed E-state index contributed by atoms with van der Waals surface area (Å²) < 4.78 is 0.628. The second-order valence-electron chi connectivity index (χ2n) is 5.08. The topological polar surface area (TPSA) is 56.1 Å². The van der Waals surface area contributed by atoms with Crippen LogP contribution in [0.2, 0.25) is 5.02 Å². The first-order chi connectivity index (χ1) is 9.46. The third-order valence-corrected chi connectivity index (χ3v) is 4.47. The molecule has 6 heteroatoms. The average molecular weight is 357 g/mol. The number of rotatable bonds is 2. The van der Waals surface area contributed by atoms with Gasteiger partial charge in [-0.05, 0) is 54.0 Å². The summed E-state index contributed by atoms with van der Waals surface area (Å²) in [5.74, 6) is -0.250. The van der Waals surface area contributed by atoms with E-state index in [1.54, 1.807) is 18.2 Å². The van der Waals surface area contributed by atoms with Gasteiger partial charge in [0.15, 0.2) is 0 Å². The molecule has 0 spiro atoms. The number of nitrogens with zero attached hydrogens (tertiary/aromatic N) is 2. The van der Waals surface area contributed by atoms with Gasteiger partial charge in [-0.1, -0.05) is 11.6 Å². The first-order valence-corrected chi connectivity index (χ1v) is 7.50. The Morgan fingerprint density at radius 3 is 2.70 bits per heavy atom. The van der Waals surface area contributed by atoms with Crippen LogP contribution in [0.5, 0.6) is 0 Å². The van der Waals surface area contributed by atoms with E-state index in [-0.39, 0.29) is 5.91 Å². The molecule has 1 N–H and O–H groups in total. The molecule has 20 heavy (non-hydrogen) atoms. The van der Waals surface area contributed by atoms with Crippen LogP contribution in [0.1, 0.15) is 23.2 Å². The Balaban J connectivity index is 2.16. The number of nitrogens with one attached hydrogen (secondary N) is 1. The minimum Gasteiger partial charge on any atom is -0.334 e. The molecule has 1 fully saturated rings. The van der Waals surface area contributed by atoms with Crippen LogP contribution in [0.3, 0.4) is 0 Å². The number of likely N-dealkylation sites (tertiary alicyclic amines) is 1. The molecule has 0 aromatic heterocycles. The summed E-state index contributed by atoms with van der Waals surface area (Å²) in [5, 5.41) is 12.9. The van der Waals surface area contributed by atoms with Gasteiger partial charge in [0.2, 0.25) is 0 Å². The fourth-order valence-electron chi connectivity index (χ4n) is 2.22. The largest absolute Gasteiger partial charge is 0.334 e. The van der Waals surface area contributed by atoms with Crippen molar-refractivity contribution in [1.29, 1.82) is 5.26 Å². The van der Waals surface area contributed by atoms with Crippen molar-refractivity contribution in [3.63, 3.8) is 0 Å². The molecule has 0 radical (unpaired) electrons. The molecule has 0 atom stereocenters. The highest BCUT2D eigenvalue weighted by Gasteiger charge is 2.35. The van der Waals surface area contributed by atoms with E-state index in [1.807, 2.05) is 7.05 Å². The van der Waals surface area contributed by atoms with Crippen molar-refractivity contribution in [2.75, 3.05) is 20.1 Å². The highest BCUT2D eigenvalue weighted by atomic mass is 79.9. The lowest BCUT2D eigenvalue weighted by Gasteiger charge is -2.36. The Morgan fingerprint density at radius 2 is 2.15 bits per heavy atom. The van der Waals surface area contributed by atoms with Crippen LogP contribution in [-0.2, 0) is 0 Å². The Hall–Kier alpha value is -1.09. The van der Waals surface area contributed by atoms with Gasteiger partial charge in [-0.25, -0.2) is 0 Å². The maximum absolute atomic E-state index is 12.3. The molecule has 1 aromatic carbocycles. The third-order valence-electron chi connectivity index (χ3n) is 3.58. The van der Waals surface area contributed by atoms with Gasteiger partial charge in [0.25, 0.3) is 5.91 Å². The third kappa shape index (κ3) is 3.32. The lowest BCUT2D eigenvalue weighted by atomic mass is 9.89. The van der Waals surface area contributed by atoms with E-state index in [4.69, 9.17) is 11.6 Å². The first-order valence-electron chi connectivity index (χ1n) is 6.33. The molecule has 0 saturated carbocycles. The highest BCUT2D eigenvalue weighted by Crippen LogP contribution is 2.25. The normalized spacial score (nSPS) is 18.3. The quantitative estimate of drug-likeness (QED) is 0.886. The number of halogens is 2. The lowest BCUT2D eigenvalue weighted by Crippen LogP contribution is -2.53. The summed E-state index contributed by atoms with van der Waals surface area (Å²) in [7, 11) is 2.01. The van der Waals surface area contributed by atoms with E-state index < -0.39 is 5.54 Å². The van der Waals surface area contributed by atoms with Crippen LogP contribution < -0.4 is 5.32 Å². The van der Waals surface area contributed by atoms with Gasteiger partial charge in [-0.15, -0.1) is 0 Å². The van der Waals surface area contributed by atoms with Gasteiger partial charge in [0, 0.05) is 22.6 Å². The Kier molecular flexibility index (Phi) is 4.69. The number of hydrogen-bond acceptors (Lipinski definition) is 3. The van der Waals surface area contributed by atoms with Crippen LogP contribution >= 0.6 is 27.5 Å². The number of nitriles is 1. The zero-order valence-corrected chi connectivity index (χ0v) is 13.5. The summed E-state index contributed by atoms with van der Waals surface area (Å²) in [5.41, 5.74) is -0.286. The predicted molar refractivity (Wildman–Crippen MR) is 81.7 cm³/mol. The van der Waals surface area contributed by atoms with Crippen LogP contribution in [0.25, 0.3) is 0 Å². The highest BCUT2D eigenvalue weighted by molar-refractivity contribution is 9.10. The summed E-state index contributed by atoms with van der Waals surface area (Å²) >= 11 is 9.19. The molecule has 1 amide bonds. The summed E-state index contributed by atoms with van der Waals surface area (Å²) in [6, 6.07) is 7.26. The van der Waals surface area contributed by atoms with Crippen molar-refractivity contribution < 1.29 is 4.79 Å². The molecule has 1 aromatic rings. The smallest absolute Gasteiger partial charge is 0.253 e. The Labute approximate surface area is 131 Å². The van der Waals surface area contributed by atoms with Crippen LogP contribution in [0.15, 0.2) is 22.7 Å². The van der Waals surface area contributed by atoms with Crippen LogP contribution in [0, 0.1) is 11.3 Å². The van der Waals surface area contributed by atoms with Crippen molar-refractivity contribution in [1.82, 2.24) is 10.2 Å². The van der Waals surface area contributed by atoms with E-state index in [9.17, 15) is 10.1 Å². The zero-order valence-electron chi connectivity index (χ0n) is 11.1. The molecule has 2 rings (SSSR count). The molecule has 1 heterocycles. The molecule has 4 nitrogen and oxygen atoms in total. The van der Waals surface area contributed by atoms with Gasteiger partial charge in [0.1, 0.15) is 5.54 Å². The zero-order chi connectivity index (χ0) is 14.8. The second-order valence-corrected chi connectivity index (χ2v) is 6.37. The van der Waals surface area contributed by atoms with Gasteiger partial charge >= 0.3 is 0 Å². The molecule has 1 saturated heterocycles. The maximum atomic E-state index is 12.3. The van der Waals surface area contributed by atoms with Crippen LogP contribution in [-0.4, -0.2) is 36.5 Å². The number of piperidine rings is 1. The molecular weight excluding hydrogens is 342 g/mol. The number of amides is 1. The fraction of sp³-hybridized carbons (Fsp3) is 0.429. The van der Waals surface area contributed by atoms with Gasteiger partial charge in [-0.2, -0.15) is 5.26 Å². The number of benzene rings is 1. The number of carbonyl (C=O) groups is 1. The molecule has 0 bridgehead atoms. The monoisotopic (exact) mass is 355 g/mol. The standard InChI is InChI=1S/C14H15BrClN3O/c1-19-6-4-14(9-17,5-7-19)18-13(20)11-3-2-10(16)8-12(11)15/h2-3,8H,4-7H2,1H3,(H,18,20). The van der Waals surface area contributed by atoms with E-state index in [1.165, 1.54) is 0 Å². The average Bonchev–Trinajstić information content (AvgIpc) is 2.41. The van der Waals surface area contributed by atoms with Crippen molar-refractivity contribution in [3.8, 4) is 6.07 Å². The van der Waals surface area contributed by atoms with E-state index in [0.717, 1.165) is 13.1 Å². The second kappa shape index (κ2) is 6.13. The molecule has 1 aliphatic rings. The molecule has 1 aliphatic heterocycles. The van der Waals surface area contributed by atoms with Crippen molar-refractivity contribution >= 4 is 33.4 Å². The SMILES string of the molecule is CN1CCC(C#N)(NC(=O)c2ccc(Cl)cc2Br)CC1. The lowest BCUT2D eigenvalue weighted by molar-refractivity contribution is 0.0881. The van der Waals surface area contributed by atoms with E-state index >= 15 is 0 Å². The molecule has 0 aliphatic carbocycles. The predicted octanol–water partition coefficient (Wildman–Crippen LogP) is 2.82. The van der Waals surface area contributed by atoms with Crippen molar-refractivity contribution in [2.24, 2.45) is 0 Å². The summed E-state index contributed by atoms with van der Waals surface area (Å²) in [6.07, 6.45) is 1.27. The summed E-state index contributed by atoms with van der Waals surface area (Å²) in [6.45, 7) is 1.60. The minimum atomic E-state index is -0.775. The number of carbonyl (C=O) groups excluding carboxylic acids is 1. The van der Waals surface area contributed by atoms with Gasteiger partial charge in [0.05, 0.1) is 11.6 Å². The molecule has 0 unspecified atom stereocenters. The van der Waals surface area contributed by atoms with Gasteiger partial charge in [-0.3, -0.25) is 4.79 Å².